The molecule has 0 radical (unpaired) electrons. The number of hydrogen-bond donors (Lipinski definition) is 2. The third kappa shape index (κ3) is 1.46. The first-order valence-electron chi connectivity index (χ1n) is 3.00. The van der Waals surface area contributed by atoms with Gasteiger partial charge in [0.2, 0.25) is 0 Å². The molecule has 4 heteroatoms. The van der Waals surface area contributed by atoms with Crippen molar-refractivity contribution in [2.45, 2.75) is 6.92 Å². The van der Waals surface area contributed by atoms with Crippen molar-refractivity contribution >= 4 is 5.78 Å². The van der Waals surface area contributed by atoms with Crippen molar-refractivity contribution in [3.8, 4) is 11.5 Å². The number of rotatable bonds is 1. The molecule has 1 aromatic rings. The summed E-state index contributed by atoms with van der Waals surface area (Å²) in [7, 11) is 0. The minimum Gasteiger partial charge on any atom is -0.506 e. The molecular weight excluding hydrogens is 146 g/mol. The number of nitrogens with zero attached hydrogens (tertiary/aromatic N) is 1. The average molecular weight is 153 g/mol. The molecule has 0 aliphatic rings. The topological polar surface area (TPSA) is 70.4 Å². The first kappa shape index (κ1) is 7.53. The second-order valence-corrected chi connectivity index (χ2v) is 2.12. The lowest BCUT2D eigenvalue weighted by Crippen LogP contribution is -1.95. The van der Waals surface area contributed by atoms with E-state index in [1.54, 1.807) is 0 Å². The van der Waals surface area contributed by atoms with Gasteiger partial charge in [-0.3, -0.25) is 4.79 Å². The molecule has 0 spiro atoms. The molecule has 0 amide bonds. The third-order valence-electron chi connectivity index (χ3n) is 1.19. The maximum absolute atomic E-state index is 10.7. The van der Waals surface area contributed by atoms with Crippen LogP contribution in [0.4, 0.5) is 0 Å². The molecular formula is C7H7NO3. The Hall–Kier alpha value is -1.58. The lowest BCUT2D eigenvalue weighted by molar-refractivity contribution is 0.101. The highest BCUT2D eigenvalue weighted by Gasteiger charge is 2.07. The summed E-state index contributed by atoms with van der Waals surface area (Å²) in [6, 6.07) is 1.07. The molecule has 1 aromatic heterocycles. The van der Waals surface area contributed by atoms with Crippen LogP contribution in [0.1, 0.15) is 17.4 Å². The van der Waals surface area contributed by atoms with Gasteiger partial charge < -0.3 is 10.2 Å². The van der Waals surface area contributed by atoms with Crippen LogP contribution in [-0.4, -0.2) is 21.0 Å². The molecule has 1 heterocycles. The van der Waals surface area contributed by atoms with Crippen LogP contribution in [-0.2, 0) is 0 Å². The molecule has 0 aliphatic carbocycles. The zero-order valence-electron chi connectivity index (χ0n) is 5.90. The van der Waals surface area contributed by atoms with Gasteiger partial charge in [0.1, 0.15) is 17.2 Å². The summed E-state index contributed by atoms with van der Waals surface area (Å²) in [6.45, 7) is 1.29. The van der Waals surface area contributed by atoms with Crippen molar-refractivity contribution in [1.82, 2.24) is 4.98 Å². The Morgan fingerprint density at radius 1 is 1.55 bits per heavy atom. The zero-order valence-corrected chi connectivity index (χ0v) is 5.90. The van der Waals surface area contributed by atoms with Gasteiger partial charge in [-0.05, 0) is 0 Å². The predicted octanol–water partition coefficient (Wildman–Crippen LogP) is 0.695. The Labute approximate surface area is 63.1 Å². The molecule has 0 aromatic carbocycles. The van der Waals surface area contributed by atoms with Crippen LogP contribution in [0.2, 0.25) is 0 Å². The van der Waals surface area contributed by atoms with E-state index < -0.39 is 0 Å². The van der Waals surface area contributed by atoms with E-state index in [0.717, 1.165) is 12.3 Å². The number of pyridine rings is 1. The van der Waals surface area contributed by atoms with Gasteiger partial charge in [0.05, 0.1) is 6.20 Å². The Kier molecular flexibility index (Phi) is 1.76. The molecule has 0 bridgehead atoms. The number of ketones is 1. The fraction of sp³-hybridized carbons (Fsp3) is 0.143. The van der Waals surface area contributed by atoms with Gasteiger partial charge in [-0.1, -0.05) is 0 Å². The highest BCUT2D eigenvalue weighted by Crippen LogP contribution is 2.19. The van der Waals surface area contributed by atoms with E-state index in [4.69, 9.17) is 10.2 Å². The van der Waals surface area contributed by atoms with Gasteiger partial charge >= 0.3 is 0 Å². The number of Topliss-reactive ketones (excluding diaryl/α,β-unsaturated/α-hetero) is 1. The lowest BCUT2D eigenvalue weighted by Gasteiger charge is -1.98. The first-order valence-corrected chi connectivity index (χ1v) is 3.00. The largest absolute Gasteiger partial charge is 0.506 e. The minimum absolute atomic E-state index is 0.0252. The first-order chi connectivity index (χ1) is 5.11. The van der Waals surface area contributed by atoms with Crippen LogP contribution in [0, 0.1) is 0 Å². The monoisotopic (exact) mass is 153 g/mol. The van der Waals surface area contributed by atoms with Gasteiger partial charge in [0, 0.05) is 13.0 Å². The fourth-order valence-corrected chi connectivity index (χ4v) is 0.714. The minimum atomic E-state index is -0.331. The van der Waals surface area contributed by atoms with Crippen molar-refractivity contribution in [1.29, 1.82) is 0 Å². The van der Waals surface area contributed by atoms with E-state index in [1.165, 1.54) is 6.92 Å². The van der Waals surface area contributed by atoms with Crippen molar-refractivity contribution in [2.24, 2.45) is 0 Å². The lowest BCUT2D eigenvalue weighted by atomic mass is 10.2. The van der Waals surface area contributed by atoms with E-state index in [9.17, 15) is 4.79 Å². The third-order valence-corrected chi connectivity index (χ3v) is 1.19. The summed E-state index contributed by atoms with van der Waals surface area (Å²) in [4.78, 5) is 14.2. The SMILES string of the molecule is CC(=O)c1ncc(O)cc1O. The van der Waals surface area contributed by atoms with Crippen molar-refractivity contribution in [2.75, 3.05) is 0 Å². The average Bonchev–Trinajstić information content (AvgIpc) is 1.85. The standard InChI is InChI=1S/C7H7NO3/c1-4(9)7-6(11)2-5(10)3-8-7/h2-3,10-11H,1H3. The van der Waals surface area contributed by atoms with E-state index in [1.807, 2.05) is 0 Å². The Morgan fingerprint density at radius 2 is 2.18 bits per heavy atom. The van der Waals surface area contributed by atoms with Crippen LogP contribution < -0.4 is 0 Å². The summed E-state index contributed by atoms with van der Waals surface area (Å²) < 4.78 is 0. The highest BCUT2D eigenvalue weighted by atomic mass is 16.3. The number of hydrogen-bond acceptors (Lipinski definition) is 4. The summed E-state index contributed by atoms with van der Waals surface area (Å²) in [5.41, 5.74) is -0.0252. The molecule has 0 fully saturated rings. The molecule has 0 saturated carbocycles. The highest BCUT2D eigenvalue weighted by molar-refractivity contribution is 5.94. The molecule has 0 aliphatic heterocycles. The van der Waals surface area contributed by atoms with Crippen LogP contribution in [0.5, 0.6) is 11.5 Å². The maximum atomic E-state index is 10.7. The van der Waals surface area contributed by atoms with Gasteiger partial charge in [0.15, 0.2) is 5.78 Å². The molecule has 58 valence electrons. The second kappa shape index (κ2) is 2.57. The van der Waals surface area contributed by atoms with Crippen molar-refractivity contribution in [3.05, 3.63) is 18.0 Å². The van der Waals surface area contributed by atoms with E-state index in [-0.39, 0.29) is 23.0 Å². The number of carbonyl (C=O) groups excluding carboxylic acids is 1. The molecule has 4 nitrogen and oxygen atoms in total. The smallest absolute Gasteiger partial charge is 0.181 e. The number of aromatic hydroxyl groups is 2. The molecule has 11 heavy (non-hydrogen) atoms. The Morgan fingerprint density at radius 3 is 2.64 bits per heavy atom. The quantitative estimate of drug-likeness (QED) is 0.582. The van der Waals surface area contributed by atoms with Crippen molar-refractivity contribution in [3.63, 3.8) is 0 Å². The molecule has 1 rings (SSSR count). The van der Waals surface area contributed by atoms with Gasteiger partial charge in [0.25, 0.3) is 0 Å². The van der Waals surface area contributed by atoms with E-state index >= 15 is 0 Å². The summed E-state index contributed by atoms with van der Waals surface area (Å²) in [6.07, 6.45) is 1.11. The fourth-order valence-electron chi connectivity index (χ4n) is 0.714. The summed E-state index contributed by atoms with van der Waals surface area (Å²) >= 11 is 0. The molecule has 0 saturated heterocycles. The second-order valence-electron chi connectivity index (χ2n) is 2.12. The van der Waals surface area contributed by atoms with Crippen LogP contribution in [0.25, 0.3) is 0 Å². The Bertz CT molecular complexity index is 296. The van der Waals surface area contributed by atoms with Gasteiger partial charge in [-0.25, -0.2) is 4.98 Å². The predicted molar refractivity (Wildman–Crippen MR) is 37.6 cm³/mol. The molecule has 2 N–H and O–H groups in total. The van der Waals surface area contributed by atoms with Gasteiger partial charge in [-0.2, -0.15) is 0 Å². The van der Waals surface area contributed by atoms with Crippen LogP contribution in [0.15, 0.2) is 12.3 Å². The Balaban J connectivity index is 3.20. The number of aromatic nitrogens is 1. The van der Waals surface area contributed by atoms with Crippen molar-refractivity contribution < 1.29 is 15.0 Å². The van der Waals surface area contributed by atoms with Gasteiger partial charge in [-0.15, -0.1) is 0 Å². The van der Waals surface area contributed by atoms with Crippen LogP contribution >= 0.6 is 0 Å². The summed E-state index contributed by atoms with van der Waals surface area (Å²) in [5.74, 6) is -0.785. The normalized spacial score (nSPS) is 9.55. The molecule has 0 atom stereocenters. The zero-order chi connectivity index (χ0) is 8.43. The maximum Gasteiger partial charge on any atom is 0.181 e. The number of carbonyl (C=O) groups is 1. The molecule has 0 unspecified atom stereocenters. The van der Waals surface area contributed by atoms with E-state index in [2.05, 4.69) is 4.98 Å². The summed E-state index contributed by atoms with van der Waals surface area (Å²) in [5, 5.41) is 17.8. The van der Waals surface area contributed by atoms with E-state index in [0.29, 0.717) is 0 Å². The van der Waals surface area contributed by atoms with Crippen LogP contribution in [0.3, 0.4) is 0 Å².